The molecule has 20 heavy (non-hydrogen) atoms. The number of benzene rings is 1. The Labute approximate surface area is 118 Å². The highest BCUT2D eigenvalue weighted by Crippen LogP contribution is 2.12. The van der Waals surface area contributed by atoms with Gasteiger partial charge in [0.15, 0.2) is 0 Å². The van der Waals surface area contributed by atoms with E-state index < -0.39 is 0 Å². The van der Waals surface area contributed by atoms with Crippen LogP contribution in [0.15, 0.2) is 23.0 Å². The van der Waals surface area contributed by atoms with Crippen LogP contribution in [-0.2, 0) is 6.54 Å². The highest BCUT2D eigenvalue weighted by molar-refractivity contribution is 5.75. The number of aryl methyl sites for hydroxylation is 1. The third kappa shape index (κ3) is 2.64. The van der Waals surface area contributed by atoms with Gasteiger partial charge in [-0.1, -0.05) is 6.07 Å². The van der Waals surface area contributed by atoms with Crippen molar-refractivity contribution < 1.29 is 0 Å². The second kappa shape index (κ2) is 5.42. The standard InChI is InChI=1S/C15H22N4O/c1-12-3-4-14-13(11-12)16-15(20)19(14)10-9-18-7-5-17(2)6-8-18/h3-4,11H,5-10H2,1-2H3,(H,16,20). The van der Waals surface area contributed by atoms with Crippen molar-refractivity contribution in [1.29, 1.82) is 0 Å². The lowest BCUT2D eigenvalue weighted by molar-refractivity contribution is 0.150. The lowest BCUT2D eigenvalue weighted by Gasteiger charge is -2.32. The van der Waals surface area contributed by atoms with Gasteiger partial charge in [-0.3, -0.25) is 9.47 Å². The molecule has 1 aliphatic rings. The average Bonchev–Trinajstić information content (AvgIpc) is 2.73. The van der Waals surface area contributed by atoms with Gasteiger partial charge in [-0.15, -0.1) is 0 Å². The van der Waals surface area contributed by atoms with Gasteiger partial charge in [-0.2, -0.15) is 0 Å². The molecule has 1 aromatic heterocycles. The zero-order valence-electron chi connectivity index (χ0n) is 12.2. The number of piperazine rings is 1. The number of aromatic nitrogens is 2. The van der Waals surface area contributed by atoms with Crippen molar-refractivity contribution in [2.45, 2.75) is 13.5 Å². The van der Waals surface area contributed by atoms with Gasteiger partial charge < -0.3 is 9.88 Å². The van der Waals surface area contributed by atoms with Gasteiger partial charge in [0.05, 0.1) is 11.0 Å². The molecule has 3 rings (SSSR count). The van der Waals surface area contributed by atoms with Crippen LogP contribution in [0.5, 0.6) is 0 Å². The van der Waals surface area contributed by atoms with Gasteiger partial charge in [0.1, 0.15) is 0 Å². The molecular weight excluding hydrogens is 252 g/mol. The summed E-state index contributed by atoms with van der Waals surface area (Å²) in [7, 11) is 2.16. The molecule has 0 saturated carbocycles. The zero-order valence-corrected chi connectivity index (χ0v) is 12.2. The topological polar surface area (TPSA) is 44.3 Å². The van der Waals surface area contributed by atoms with Crippen molar-refractivity contribution in [1.82, 2.24) is 19.4 Å². The monoisotopic (exact) mass is 274 g/mol. The van der Waals surface area contributed by atoms with Crippen LogP contribution in [0.25, 0.3) is 11.0 Å². The molecule has 1 aromatic carbocycles. The summed E-state index contributed by atoms with van der Waals surface area (Å²) in [5, 5.41) is 0. The largest absolute Gasteiger partial charge is 0.326 e. The van der Waals surface area contributed by atoms with Crippen LogP contribution in [0.2, 0.25) is 0 Å². The quantitative estimate of drug-likeness (QED) is 0.904. The maximum Gasteiger partial charge on any atom is 0.326 e. The minimum absolute atomic E-state index is 0.000252. The van der Waals surface area contributed by atoms with Crippen LogP contribution in [0.1, 0.15) is 5.56 Å². The molecule has 1 N–H and O–H groups in total. The summed E-state index contributed by atoms with van der Waals surface area (Å²) in [6.45, 7) is 8.14. The molecule has 2 aromatic rings. The van der Waals surface area contributed by atoms with E-state index in [2.05, 4.69) is 27.9 Å². The summed E-state index contributed by atoms with van der Waals surface area (Å²) in [6.07, 6.45) is 0. The van der Waals surface area contributed by atoms with E-state index in [1.165, 1.54) is 5.56 Å². The highest BCUT2D eigenvalue weighted by Gasteiger charge is 2.14. The van der Waals surface area contributed by atoms with Crippen LogP contribution in [-0.4, -0.2) is 59.1 Å². The number of aromatic amines is 1. The first-order chi connectivity index (χ1) is 9.63. The lowest BCUT2D eigenvalue weighted by atomic mass is 10.2. The SMILES string of the molecule is Cc1ccc2c(c1)[nH]c(=O)n2CCN1CCN(C)CC1. The Kier molecular flexibility index (Phi) is 3.63. The Morgan fingerprint density at radius 1 is 1.15 bits per heavy atom. The number of fused-ring (bicyclic) bond motifs is 1. The maximum absolute atomic E-state index is 12.1. The van der Waals surface area contributed by atoms with Gasteiger partial charge in [-0.05, 0) is 31.7 Å². The molecule has 1 saturated heterocycles. The van der Waals surface area contributed by atoms with Crippen molar-refractivity contribution in [3.05, 3.63) is 34.2 Å². The van der Waals surface area contributed by atoms with Crippen LogP contribution in [0, 0.1) is 6.92 Å². The number of H-pyrrole nitrogens is 1. The number of rotatable bonds is 3. The third-order valence-corrected chi connectivity index (χ3v) is 4.17. The smallest absolute Gasteiger partial charge is 0.306 e. The second-order valence-corrected chi connectivity index (χ2v) is 5.75. The predicted octanol–water partition coefficient (Wildman–Crippen LogP) is 0.885. The molecule has 0 aliphatic carbocycles. The van der Waals surface area contributed by atoms with Gasteiger partial charge >= 0.3 is 5.69 Å². The van der Waals surface area contributed by atoms with Crippen LogP contribution >= 0.6 is 0 Å². The minimum atomic E-state index is -0.000252. The molecular formula is C15H22N4O. The van der Waals surface area contributed by atoms with Gasteiger partial charge in [-0.25, -0.2) is 4.79 Å². The van der Waals surface area contributed by atoms with E-state index in [4.69, 9.17) is 0 Å². The summed E-state index contributed by atoms with van der Waals surface area (Å²) >= 11 is 0. The van der Waals surface area contributed by atoms with E-state index in [-0.39, 0.29) is 5.69 Å². The van der Waals surface area contributed by atoms with E-state index in [0.29, 0.717) is 0 Å². The fourth-order valence-corrected chi connectivity index (χ4v) is 2.81. The van der Waals surface area contributed by atoms with E-state index in [0.717, 1.165) is 50.3 Å². The zero-order chi connectivity index (χ0) is 14.1. The molecule has 0 amide bonds. The molecule has 0 atom stereocenters. The van der Waals surface area contributed by atoms with E-state index in [1.807, 2.05) is 23.6 Å². The molecule has 0 spiro atoms. The predicted molar refractivity (Wildman–Crippen MR) is 81.2 cm³/mol. The first-order valence-electron chi connectivity index (χ1n) is 7.23. The Balaban J connectivity index is 1.74. The molecule has 108 valence electrons. The van der Waals surface area contributed by atoms with Crippen molar-refractivity contribution in [2.75, 3.05) is 39.8 Å². The number of nitrogens with zero attached hydrogens (tertiary/aromatic N) is 3. The number of likely N-dealkylation sites (N-methyl/N-ethyl adjacent to an activating group) is 1. The molecule has 1 fully saturated rings. The Hall–Kier alpha value is -1.59. The number of imidazole rings is 1. The first-order valence-corrected chi connectivity index (χ1v) is 7.23. The number of hydrogen-bond donors (Lipinski definition) is 1. The van der Waals surface area contributed by atoms with Gasteiger partial charge in [0, 0.05) is 39.3 Å². The molecule has 0 radical (unpaired) electrons. The van der Waals surface area contributed by atoms with Crippen LogP contribution in [0.3, 0.4) is 0 Å². The molecule has 2 heterocycles. The van der Waals surface area contributed by atoms with E-state index in [9.17, 15) is 4.79 Å². The Morgan fingerprint density at radius 3 is 2.65 bits per heavy atom. The summed E-state index contributed by atoms with van der Waals surface area (Å²) in [4.78, 5) is 19.8. The van der Waals surface area contributed by atoms with Crippen LogP contribution in [0.4, 0.5) is 0 Å². The summed E-state index contributed by atoms with van der Waals surface area (Å²) in [5.41, 5.74) is 3.12. The Bertz CT molecular complexity index is 649. The van der Waals surface area contributed by atoms with E-state index >= 15 is 0 Å². The fourth-order valence-electron chi connectivity index (χ4n) is 2.81. The van der Waals surface area contributed by atoms with Crippen molar-refractivity contribution >= 4 is 11.0 Å². The number of nitrogens with one attached hydrogen (secondary N) is 1. The Morgan fingerprint density at radius 2 is 1.90 bits per heavy atom. The second-order valence-electron chi connectivity index (χ2n) is 5.75. The van der Waals surface area contributed by atoms with Crippen molar-refractivity contribution in [3.63, 3.8) is 0 Å². The molecule has 0 bridgehead atoms. The summed E-state index contributed by atoms with van der Waals surface area (Å²) in [6, 6.07) is 6.12. The van der Waals surface area contributed by atoms with Crippen molar-refractivity contribution in [2.24, 2.45) is 0 Å². The highest BCUT2D eigenvalue weighted by atomic mass is 16.1. The van der Waals surface area contributed by atoms with E-state index in [1.54, 1.807) is 0 Å². The third-order valence-electron chi connectivity index (χ3n) is 4.17. The minimum Gasteiger partial charge on any atom is -0.306 e. The molecule has 5 nitrogen and oxygen atoms in total. The summed E-state index contributed by atoms with van der Waals surface area (Å²) < 4.78 is 1.85. The van der Waals surface area contributed by atoms with Crippen LogP contribution < -0.4 is 5.69 Å². The lowest BCUT2D eigenvalue weighted by Crippen LogP contribution is -2.45. The number of hydrogen-bond acceptors (Lipinski definition) is 3. The van der Waals surface area contributed by atoms with Gasteiger partial charge in [0.2, 0.25) is 0 Å². The fraction of sp³-hybridized carbons (Fsp3) is 0.533. The maximum atomic E-state index is 12.1. The summed E-state index contributed by atoms with van der Waals surface area (Å²) in [5.74, 6) is 0. The van der Waals surface area contributed by atoms with Crippen molar-refractivity contribution in [3.8, 4) is 0 Å². The molecule has 0 unspecified atom stereocenters. The first kappa shape index (κ1) is 13.4. The molecule has 1 aliphatic heterocycles. The molecule has 5 heteroatoms. The average molecular weight is 274 g/mol. The van der Waals surface area contributed by atoms with Gasteiger partial charge in [0.25, 0.3) is 0 Å². The normalized spacial score (nSPS) is 17.9.